The third kappa shape index (κ3) is 2.87. The largest absolute Gasteiger partial charge is 0.309 e. The molecule has 0 radical (unpaired) electrons. The van der Waals surface area contributed by atoms with Gasteiger partial charge in [0.1, 0.15) is 4.91 Å². The van der Waals surface area contributed by atoms with Gasteiger partial charge in [0.05, 0.1) is 15.9 Å². The third-order valence-electron chi connectivity index (χ3n) is 5.44. The molecule has 0 fully saturated rings. The summed E-state index contributed by atoms with van der Waals surface area (Å²) < 4.78 is 28.2. The van der Waals surface area contributed by atoms with E-state index in [1.165, 1.54) is 10.8 Å². The molecule has 0 bridgehead atoms. The fourth-order valence-electron chi connectivity index (χ4n) is 3.87. The van der Waals surface area contributed by atoms with E-state index in [4.69, 9.17) is 0 Å². The van der Waals surface area contributed by atoms with E-state index in [-0.39, 0.29) is 9.80 Å². The van der Waals surface area contributed by atoms with Crippen LogP contribution in [0.2, 0.25) is 0 Å². The van der Waals surface area contributed by atoms with Crippen molar-refractivity contribution in [2.24, 2.45) is 0 Å². The summed E-state index contributed by atoms with van der Waals surface area (Å²) in [7, 11) is -3.63. The van der Waals surface area contributed by atoms with Gasteiger partial charge in [0.2, 0.25) is 9.84 Å². The quantitative estimate of drug-likeness (QED) is 0.382. The van der Waals surface area contributed by atoms with Crippen molar-refractivity contribution in [3.05, 3.63) is 107 Å². The zero-order chi connectivity index (χ0) is 20.7. The highest BCUT2D eigenvalue weighted by Gasteiger charge is 2.20. The molecule has 4 aromatic rings. The molecule has 0 amide bonds. The highest BCUT2D eigenvalue weighted by atomic mass is 32.2. The van der Waals surface area contributed by atoms with E-state index in [1.807, 2.05) is 43.3 Å². The van der Waals surface area contributed by atoms with Crippen LogP contribution in [0.5, 0.6) is 0 Å². The van der Waals surface area contributed by atoms with E-state index in [0.29, 0.717) is 0 Å². The molecule has 0 unspecified atom stereocenters. The minimum absolute atomic E-state index is 0.143. The molecular weight excluding hydrogens is 390 g/mol. The first kappa shape index (κ1) is 18.5. The Balaban J connectivity index is 1.64. The first-order chi connectivity index (χ1) is 14.6. The second kappa shape index (κ2) is 7.05. The molecule has 0 N–H and O–H groups in total. The van der Waals surface area contributed by atoms with E-state index in [0.717, 1.165) is 28.7 Å². The van der Waals surface area contributed by atoms with Crippen LogP contribution in [0.3, 0.4) is 0 Å². The average Bonchev–Trinajstić information content (AvgIpc) is 3.14. The van der Waals surface area contributed by atoms with E-state index < -0.39 is 9.84 Å². The Morgan fingerprint density at radius 3 is 1.90 bits per heavy atom. The highest BCUT2D eigenvalue weighted by molar-refractivity contribution is 7.95. The topological polar surface area (TPSA) is 39.1 Å². The summed E-state index contributed by atoms with van der Waals surface area (Å²) in [6.45, 7) is 2.00. The van der Waals surface area contributed by atoms with E-state index in [9.17, 15) is 8.42 Å². The van der Waals surface area contributed by atoms with Crippen molar-refractivity contribution in [2.45, 2.75) is 18.2 Å². The van der Waals surface area contributed by atoms with Gasteiger partial charge in [-0.2, -0.15) is 0 Å². The van der Waals surface area contributed by atoms with Gasteiger partial charge < -0.3 is 4.57 Å². The average molecular weight is 410 g/mol. The second-order valence-corrected chi connectivity index (χ2v) is 9.11. The summed E-state index contributed by atoms with van der Waals surface area (Å²) in [6.07, 6.45) is 4.19. The standard InChI is InChI=1S/C26H19NO2S/c1-2-19-11-15-21(16-12-19)30(28,29)22-17-13-20(14-18-22)27-25-9-5-3-7-23(25)24-8-4-6-10-26(24)27/h3-11,13-15,17-18H,2H2,1H3. The van der Waals surface area contributed by atoms with Crippen molar-refractivity contribution in [2.75, 3.05) is 0 Å². The molecule has 3 aromatic carbocycles. The first-order valence-electron chi connectivity index (χ1n) is 9.86. The van der Waals surface area contributed by atoms with Crippen molar-refractivity contribution >= 4 is 31.6 Å². The molecule has 0 saturated heterocycles. The zero-order valence-corrected chi connectivity index (χ0v) is 17.3. The Morgan fingerprint density at radius 1 is 0.767 bits per heavy atom. The summed E-state index contributed by atoms with van der Waals surface area (Å²) in [6, 6.07) is 23.5. The van der Waals surface area contributed by atoms with Gasteiger partial charge in [-0.1, -0.05) is 49.1 Å². The molecule has 1 heterocycles. The van der Waals surface area contributed by atoms with Crippen molar-refractivity contribution < 1.29 is 8.42 Å². The zero-order valence-electron chi connectivity index (χ0n) is 16.5. The maximum absolute atomic E-state index is 13.0. The number of aromatic nitrogens is 1. The number of allylic oxidation sites excluding steroid dienone is 3. The maximum Gasteiger partial charge on any atom is 0.214 e. The minimum Gasteiger partial charge on any atom is -0.309 e. The Kier molecular flexibility index (Phi) is 4.34. The molecule has 0 spiro atoms. The molecule has 4 heteroatoms. The van der Waals surface area contributed by atoms with Crippen LogP contribution in [0.25, 0.3) is 27.5 Å². The van der Waals surface area contributed by atoms with Gasteiger partial charge in [0.15, 0.2) is 0 Å². The second-order valence-electron chi connectivity index (χ2n) is 7.19. The predicted molar refractivity (Wildman–Crippen MR) is 121 cm³/mol. The van der Waals surface area contributed by atoms with Gasteiger partial charge in [0.25, 0.3) is 0 Å². The van der Waals surface area contributed by atoms with Crippen LogP contribution in [-0.4, -0.2) is 13.0 Å². The van der Waals surface area contributed by atoms with Gasteiger partial charge in [-0.25, -0.2) is 8.42 Å². The number of benzene rings is 3. The smallest absolute Gasteiger partial charge is 0.214 e. The molecule has 0 aliphatic heterocycles. The van der Waals surface area contributed by atoms with E-state index in [2.05, 4.69) is 40.3 Å². The number of nitrogens with zero attached hydrogens (tertiary/aromatic N) is 1. The molecule has 0 atom stereocenters. The van der Waals surface area contributed by atoms with Gasteiger partial charge in [-0.3, -0.25) is 0 Å². The molecule has 1 aliphatic carbocycles. The first-order valence-corrected chi connectivity index (χ1v) is 11.3. The van der Waals surface area contributed by atoms with Crippen LogP contribution in [-0.2, 0) is 9.84 Å². The number of rotatable bonds is 4. The van der Waals surface area contributed by atoms with Crippen LogP contribution in [0.15, 0.2) is 112 Å². The number of hydrogen-bond donors (Lipinski definition) is 0. The maximum atomic E-state index is 13.0. The lowest BCUT2D eigenvalue weighted by molar-refractivity contribution is 0.603. The molecule has 3 nitrogen and oxygen atoms in total. The monoisotopic (exact) mass is 409 g/mol. The summed E-state index contributed by atoms with van der Waals surface area (Å²) in [4.78, 5) is 0.394. The van der Waals surface area contributed by atoms with Crippen LogP contribution >= 0.6 is 0 Å². The lowest BCUT2D eigenvalue weighted by Crippen LogP contribution is -2.04. The molecule has 30 heavy (non-hydrogen) atoms. The summed E-state index contributed by atoms with van der Waals surface area (Å²) in [5.74, 6) is 0. The van der Waals surface area contributed by atoms with Crippen molar-refractivity contribution in [3.63, 3.8) is 0 Å². The Bertz CT molecular complexity index is 1480. The SMILES string of the molecule is CCC1=C=C=C(S(=O)(=O)c2ccc(-n3c4ccccc4c4ccccc43)cc2)C=C1. The molecule has 1 aliphatic rings. The predicted octanol–water partition coefficient (Wildman–Crippen LogP) is 6.10. The summed E-state index contributed by atoms with van der Waals surface area (Å²) >= 11 is 0. The fourth-order valence-corrected chi connectivity index (χ4v) is 5.05. The lowest BCUT2D eigenvalue weighted by Gasteiger charge is -2.10. The molecule has 5 rings (SSSR count). The van der Waals surface area contributed by atoms with Crippen molar-refractivity contribution in [1.82, 2.24) is 4.57 Å². The van der Waals surface area contributed by atoms with Gasteiger partial charge in [-0.15, -0.1) is 0 Å². The van der Waals surface area contributed by atoms with E-state index >= 15 is 0 Å². The number of hydrogen-bond acceptors (Lipinski definition) is 2. The number of fused-ring (bicyclic) bond motifs is 3. The van der Waals surface area contributed by atoms with Crippen LogP contribution in [0.1, 0.15) is 13.3 Å². The van der Waals surface area contributed by atoms with Crippen LogP contribution in [0, 0.1) is 0 Å². The lowest BCUT2D eigenvalue weighted by atomic mass is 10.2. The Hall–Kier alpha value is -3.55. The summed E-state index contributed by atoms with van der Waals surface area (Å²) in [5.41, 5.74) is 9.77. The minimum atomic E-state index is -3.63. The number of para-hydroxylation sites is 2. The molecule has 0 saturated carbocycles. The van der Waals surface area contributed by atoms with Crippen molar-refractivity contribution in [3.8, 4) is 5.69 Å². The highest BCUT2D eigenvalue weighted by Crippen LogP contribution is 2.32. The Labute approximate surface area is 175 Å². The summed E-state index contributed by atoms with van der Waals surface area (Å²) in [5, 5.41) is 2.34. The molecular formula is C26H19NO2S. The van der Waals surface area contributed by atoms with Gasteiger partial charge in [-0.05, 0) is 60.7 Å². The van der Waals surface area contributed by atoms with Crippen LogP contribution < -0.4 is 0 Å². The van der Waals surface area contributed by atoms with Crippen LogP contribution in [0.4, 0.5) is 0 Å². The molecule has 146 valence electrons. The van der Waals surface area contributed by atoms with Gasteiger partial charge in [0, 0.05) is 22.0 Å². The molecule has 1 aromatic heterocycles. The van der Waals surface area contributed by atoms with Crippen molar-refractivity contribution in [1.29, 1.82) is 0 Å². The fraction of sp³-hybridized carbons (Fsp3) is 0.0769. The van der Waals surface area contributed by atoms with Gasteiger partial charge >= 0.3 is 0 Å². The van der Waals surface area contributed by atoms with E-state index in [1.54, 1.807) is 24.3 Å². The Morgan fingerprint density at radius 2 is 1.37 bits per heavy atom. The third-order valence-corrected chi connectivity index (χ3v) is 7.15. The normalized spacial score (nSPS) is 13.6. The number of sulfone groups is 1.